The van der Waals surface area contributed by atoms with E-state index in [1.807, 2.05) is 23.5 Å². The Morgan fingerprint density at radius 2 is 1.02 bits per heavy atom. The van der Waals surface area contributed by atoms with Gasteiger partial charge in [-0.05, 0) is 94.9 Å². The Labute approximate surface area is 294 Å². The van der Waals surface area contributed by atoms with Gasteiger partial charge in [-0.15, -0.1) is 11.3 Å². The highest BCUT2D eigenvalue weighted by Crippen LogP contribution is 2.41. The second kappa shape index (κ2) is 11.8. The SMILES string of the molecule is C1=C(c2ccc3oc4ccccc4c3c2)CCC=1N(c1ccc(-c2ccccc2)cc1)c1ccc(-c2ccc3sc4ccccc4c3c2)cc1. The van der Waals surface area contributed by atoms with E-state index >= 15 is 0 Å². The summed E-state index contributed by atoms with van der Waals surface area (Å²) in [6.07, 6.45) is 1.84. The van der Waals surface area contributed by atoms with E-state index in [0.717, 1.165) is 46.2 Å². The van der Waals surface area contributed by atoms with E-state index in [9.17, 15) is 0 Å². The molecule has 0 aliphatic heterocycles. The Bertz CT molecular complexity index is 2780. The lowest BCUT2D eigenvalue weighted by atomic mass is 10.0. The van der Waals surface area contributed by atoms with Crippen LogP contribution in [0.1, 0.15) is 18.4 Å². The van der Waals surface area contributed by atoms with Crippen molar-refractivity contribution >= 4 is 70.4 Å². The molecule has 0 radical (unpaired) electrons. The molecule has 236 valence electrons. The van der Waals surface area contributed by atoms with Gasteiger partial charge in [0.2, 0.25) is 0 Å². The summed E-state index contributed by atoms with van der Waals surface area (Å²) in [5.74, 6) is 0. The van der Waals surface area contributed by atoms with Crippen LogP contribution in [-0.4, -0.2) is 0 Å². The maximum Gasteiger partial charge on any atom is 0.135 e. The predicted octanol–water partition coefficient (Wildman–Crippen LogP) is 13.8. The number of hydrogen-bond acceptors (Lipinski definition) is 3. The Hall–Kier alpha value is -6.12. The standard InChI is InChI=1S/C47H31NOS/c1-2-8-31(9-3-1)32-14-21-37(22-15-32)48(39-25-18-34(28-39)36-19-26-45-42(29-36)40-10-4-6-12-44(40)49-45)38-23-16-33(17-24-38)35-20-27-47-43(30-35)41-11-5-7-13-46(41)50-47/h1-17,19-24,26-27,29-30H,18,25H2. The van der Waals surface area contributed by atoms with Crippen LogP contribution >= 0.6 is 11.3 Å². The first-order valence-corrected chi connectivity index (χ1v) is 17.9. The molecule has 9 aromatic rings. The van der Waals surface area contributed by atoms with Crippen LogP contribution in [0.25, 0.3) is 69.9 Å². The molecule has 1 aliphatic rings. The van der Waals surface area contributed by atoms with Crippen LogP contribution < -0.4 is 4.90 Å². The van der Waals surface area contributed by atoms with Crippen molar-refractivity contribution in [2.75, 3.05) is 4.90 Å². The maximum absolute atomic E-state index is 6.12. The van der Waals surface area contributed by atoms with E-state index < -0.39 is 0 Å². The third kappa shape index (κ3) is 4.95. The first kappa shape index (κ1) is 28.9. The third-order valence-corrected chi connectivity index (χ3v) is 11.1. The van der Waals surface area contributed by atoms with Crippen molar-refractivity contribution in [3.8, 4) is 22.3 Å². The molecule has 0 amide bonds. The van der Waals surface area contributed by atoms with E-state index in [1.165, 1.54) is 59.3 Å². The lowest BCUT2D eigenvalue weighted by Crippen LogP contribution is -2.14. The van der Waals surface area contributed by atoms with Crippen molar-refractivity contribution in [3.05, 3.63) is 181 Å². The van der Waals surface area contributed by atoms with Gasteiger partial charge in [0.05, 0.1) is 5.70 Å². The molecule has 3 heteroatoms. The molecule has 0 spiro atoms. The molecule has 7 aromatic carbocycles. The second-order valence-corrected chi connectivity index (χ2v) is 14.0. The van der Waals surface area contributed by atoms with Crippen molar-refractivity contribution in [3.63, 3.8) is 0 Å². The molecule has 2 nitrogen and oxygen atoms in total. The fraction of sp³-hybridized carbons (Fsp3) is 0.0426. The van der Waals surface area contributed by atoms with E-state index in [0.29, 0.717) is 0 Å². The Morgan fingerprint density at radius 1 is 0.440 bits per heavy atom. The number of rotatable bonds is 6. The molecule has 2 aromatic heterocycles. The number of furan rings is 1. The number of hydrogen-bond donors (Lipinski definition) is 0. The zero-order valence-electron chi connectivity index (χ0n) is 27.3. The summed E-state index contributed by atoms with van der Waals surface area (Å²) in [7, 11) is 0. The van der Waals surface area contributed by atoms with Gasteiger partial charge in [0.1, 0.15) is 11.2 Å². The molecular weight excluding hydrogens is 627 g/mol. The molecule has 10 rings (SSSR count). The number of allylic oxidation sites excluding steroid dienone is 1. The quantitative estimate of drug-likeness (QED) is 0.165. The minimum absolute atomic E-state index is 0.906. The minimum Gasteiger partial charge on any atom is -0.456 e. The van der Waals surface area contributed by atoms with Crippen LogP contribution in [0.2, 0.25) is 0 Å². The van der Waals surface area contributed by atoms with Crippen LogP contribution in [0, 0.1) is 0 Å². The summed E-state index contributed by atoms with van der Waals surface area (Å²) in [6.45, 7) is 0. The summed E-state index contributed by atoms with van der Waals surface area (Å²) in [6, 6.07) is 58.9. The number of anilines is 2. The third-order valence-electron chi connectivity index (χ3n) is 9.97. The molecule has 0 N–H and O–H groups in total. The molecular formula is C47H31NOS. The van der Waals surface area contributed by atoms with Crippen LogP contribution in [-0.2, 0) is 0 Å². The Morgan fingerprint density at radius 3 is 1.82 bits per heavy atom. The van der Waals surface area contributed by atoms with Crippen LogP contribution in [0.3, 0.4) is 0 Å². The van der Waals surface area contributed by atoms with Crippen LogP contribution in [0.5, 0.6) is 0 Å². The maximum atomic E-state index is 6.12. The summed E-state index contributed by atoms with van der Waals surface area (Å²) in [4.78, 5) is 2.38. The van der Waals surface area contributed by atoms with Crippen molar-refractivity contribution in [1.29, 1.82) is 0 Å². The summed E-state index contributed by atoms with van der Waals surface area (Å²) in [5, 5.41) is 4.95. The van der Waals surface area contributed by atoms with Gasteiger partial charge < -0.3 is 9.32 Å². The number of fused-ring (bicyclic) bond motifs is 6. The highest BCUT2D eigenvalue weighted by Gasteiger charge is 2.21. The molecule has 0 unspecified atom stereocenters. The molecule has 0 fully saturated rings. The summed E-state index contributed by atoms with van der Waals surface area (Å²) in [5.41, 5.74) is 16.4. The van der Waals surface area contributed by atoms with Gasteiger partial charge in [0, 0.05) is 54.3 Å². The summed E-state index contributed by atoms with van der Waals surface area (Å²) >= 11 is 1.86. The monoisotopic (exact) mass is 657 g/mol. The largest absolute Gasteiger partial charge is 0.456 e. The fourth-order valence-corrected chi connectivity index (χ4v) is 8.53. The highest BCUT2D eigenvalue weighted by atomic mass is 32.1. The number of benzene rings is 7. The molecule has 0 bridgehead atoms. The van der Waals surface area contributed by atoms with Gasteiger partial charge in [-0.25, -0.2) is 0 Å². The molecule has 2 heterocycles. The van der Waals surface area contributed by atoms with Gasteiger partial charge in [-0.3, -0.25) is 0 Å². The van der Waals surface area contributed by atoms with Crippen LogP contribution in [0.4, 0.5) is 11.4 Å². The lowest BCUT2D eigenvalue weighted by molar-refractivity contribution is 0.669. The normalized spacial score (nSPS) is 13.0. The molecule has 50 heavy (non-hydrogen) atoms. The predicted molar refractivity (Wildman–Crippen MR) is 212 cm³/mol. The first-order valence-electron chi connectivity index (χ1n) is 17.1. The molecule has 0 saturated heterocycles. The molecule has 0 atom stereocenters. The minimum atomic E-state index is 0.906. The molecule has 1 aliphatic carbocycles. The Balaban J connectivity index is 1.06. The van der Waals surface area contributed by atoms with Gasteiger partial charge in [0.25, 0.3) is 0 Å². The van der Waals surface area contributed by atoms with Crippen LogP contribution in [0.15, 0.2) is 180 Å². The Kier molecular flexibility index (Phi) is 6.80. The number of nitrogens with zero attached hydrogens (tertiary/aromatic N) is 1. The first-order chi connectivity index (χ1) is 24.7. The molecule has 0 saturated carbocycles. The fourth-order valence-electron chi connectivity index (χ4n) is 7.44. The highest BCUT2D eigenvalue weighted by molar-refractivity contribution is 7.25. The van der Waals surface area contributed by atoms with Gasteiger partial charge in [-0.2, -0.15) is 0 Å². The van der Waals surface area contributed by atoms with Gasteiger partial charge in [-0.1, -0.05) is 109 Å². The van der Waals surface area contributed by atoms with E-state index in [4.69, 9.17) is 4.42 Å². The van der Waals surface area contributed by atoms with Gasteiger partial charge >= 0.3 is 0 Å². The second-order valence-electron chi connectivity index (χ2n) is 13.0. The zero-order chi connectivity index (χ0) is 33.0. The van der Waals surface area contributed by atoms with Crippen molar-refractivity contribution in [1.82, 2.24) is 0 Å². The number of thiophene rings is 1. The summed E-state index contributed by atoms with van der Waals surface area (Å²) < 4.78 is 8.78. The van der Waals surface area contributed by atoms with E-state index in [1.54, 1.807) is 0 Å². The van der Waals surface area contributed by atoms with E-state index in [2.05, 4.69) is 162 Å². The topological polar surface area (TPSA) is 16.4 Å². The lowest BCUT2D eigenvalue weighted by Gasteiger charge is -2.26. The average molecular weight is 658 g/mol. The van der Waals surface area contributed by atoms with Crippen molar-refractivity contribution in [2.24, 2.45) is 0 Å². The zero-order valence-corrected chi connectivity index (χ0v) is 28.1. The number of para-hydroxylation sites is 1. The van der Waals surface area contributed by atoms with Gasteiger partial charge in [0.15, 0.2) is 0 Å². The smallest absolute Gasteiger partial charge is 0.135 e. The van der Waals surface area contributed by atoms with Crippen molar-refractivity contribution in [2.45, 2.75) is 12.8 Å². The average Bonchev–Trinajstić information content (AvgIpc) is 3.91. The van der Waals surface area contributed by atoms with E-state index in [-0.39, 0.29) is 0 Å². The van der Waals surface area contributed by atoms with Crippen molar-refractivity contribution < 1.29 is 4.42 Å².